The largest absolute Gasteiger partial charge is 0.467 e. The van der Waals surface area contributed by atoms with Crippen LogP contribution in [0.5, 0.6) is 0 Å². The maximum Gasteiger partial charge on any atom is 0.313 e. The van der Waals surface area contributed by atoms with Crippen molar-refractivity contribution < 1.29 is 14.0 Å². The third kappa shape index (κ3) is 3.56. The van der Waals surface area contributed by atoms with Gasteiger partial charge in [0.1, 0.15) is 5.76 Å². The first-order valence-corrected chi connectivity index (χ1v) is 7.86. The van der Waals surface area contributed by atoms with E-state index in [1.807, 2.05) is 13.0 Å². The summed E-state index contributed by atoms with van der Waals surface area (Å²) < 4.78 is 5.38. The van der Waals surface area contributed by atoms with Gasteiger partial charge in [0.25, 0.3) is 0 Å². The van der Waals surface area contributed by atoms with Crippen LogP contribution in [0, 0.1) is 0 Å². The van der Waals surface area contributed by atoms with E-state index in [2.05, 4.69) is 5.32 Å². The van der Waals surface area contributed by atoms with E-state index in [4.69, 9.17) is 16.0 Å². The Kier molecular flexibility index (Phi) is 4.39. The molecular weight excluding hydrogens is 316 g/mol. The number of carbonyl (C=O) groups is 2. The molecule has 120 valence electrons. The smallest absolute Gasteiger partial charge is 0.313 e. The fourth-order valence-electron chi connectivity index (χ4n) is 2.51. The Balaban J connectivity index is 1.73. The highest BCUT2D eigenvalue weighted by Gasteiger charge is 2.39. The summed E-state index contributed by atoms with van der Waals surface area (Å²) in [5.74, 6) is -0.534. The molecule has 1 N–H and O–H groups in total. The molecule has 1 fully saturated rings. The average Bonchev–Trinajstić information content (AvgIpc) is 3.21. The van der Waals surface area contributed by atoms with E-state index in [9.17, 15) is 9.59 Å². The number of benzene rings is 1. The van der Waals surface area contributed by atoms with Crippen LogP contribution >= 0.6 is 11.6 Å². The molecule has 1 aliphatic carbocycles. The van der Waals surface area contributed by atoms with Crippen molar-refractivity contribution in [2.24, 2.45) is 0 Å². The Labute approximate surface area is 139 Å². The lowest BCUT2D eigenvalue weighted by Gasteiger charge is -2.27. The summed E-state index contributed by atoms with van der Waals surface area (Å²) in [7, 11) is 0. The molecular formula is C17H17ClN2O3. The van der Waals surface area contributed by atoms with Gasteiger partial charge < -0.3 is 14.6 Å². The van der Waals surface area contributed by atoms with Crippen LogP contribution in [0.1, 0.15) is 31.6 Å². The maximum absolute atomic E-state index is 12.6. The van der Waals surface area contributed by atoms with Gasteiger partial charge in [-0.3, -0.25) is 9.59 Å². The first kappa shape index (κ1) is 15.6. The van der Waals surface area contributed by atoms with E-state index in [-0.39, 0.29) is 12.1 Å². The van der Waals surface area contributed by atoms with Crippen molar-refractivity contribution in [2.75, 3.05) is 5.32 Å². The molecule has 0 aliphatic heterocycles. The molecule has 3 rings (SSSR count). The number of nitrogens with zero attached hydrogens (tertiary/aromatic N) is 1. The molecule has 0 spiro atoms. The summed E-state index contributed by atoms with van der Waals surface area (Å²) in [6.07, 6.45) is 3.38. The van der Waals surface area contributed by atoms with E-state index in [1.165, 1.54) is 0 Å². The second-order valence-electron chi connectivity index (χ2n) is 5.60. The topological polar surface area (TPSA) is 62.6 Å². The summed E-state index contributed by atoms with van der Waals surface area (Å²) in [6.45, 7) is 1.87. The fourth-order valence-corrected chi connectivity index (χ4v) is 2.64. The minimum absolute atomic E-state index is 0.0959. The maximum atomic E-state index is 12.6. The zero-order valence-corrected chi connectivity index (χ0v) is 13.4. The molecule has 2 amide bonds. The molecule has 0 bridgehead atoms. The van der Waals surface area contributed by atoms with E-state index in [0.717, 1.165) is 12.8 Å². The third-order valence-corrected chi connectivity index (χ3v) is 4.10. The lowest BCUT2D eigenvalue weighted by Crippen LogP contribution is -2.42. The van der Waals surface area contributed by atoms with Crippen molar-refractivity contribution in [1.29, 1.82) is 0 Å². The number of hydrogen-bond donors (Lipinski definition) is 1. The number of rotatable bonds is 4. The van der Waals surface area contributed by atoms with Crippen LogP contribution in [0.15, 0.2) is 47.1 Å². The van der Waals surface area contributed by atoms with Crippen LogP contribution in [0.25, 0.3) is 0 Å². The number of hydrogen-bond acceptors (Lipinski definition) is 3. The SMILES string of the molecule is CC(c1ccco1)N(C(=O)C(=O)Nc1ccc(Cl)cc1)C1CC1. The molecule has 1 heterocycles. The minimum Gasteiger partial charge on any atom is -0.467 e. The van der Waals surface area contributed by atoms with Crippen LogP contribution in [0.3, 0.4) is 0 Å². The van der Waals surface area contributed by atoms with E-state index < -0.39 is 11.8 Å². The van der Waals surface area contributed by atoms with Crippen LogP contribution in [-0.4, -0.2) is 22.8 Å². The van der Waals surface area contributed by atoms with Gasteiger partial charge in [-0.15, -0.1) is 0 Å². The molecule has 1 aromatic heterocycles. The lowest BCUT2D eigenvalue weighted by molar-refractivity contribution is -0.145. The number of halogens is 1. The summed E-state index contributed by atoms with van der Waals surface area (Å²) >= 11 is 5.81. The van der Waals surface area contributed by atoms with Crippen LogP contribution in [-0.2, 0) is 9.59 Å². The van der Waals surface area contributed by atoms with E-state index in [1.54, 1.807) is 41.5 Å². The van der Waals surface area contributed by atoms with Crippen LogP contribution in [0.2, 0.25) is 5.02 Å². The quantitative estimate of drug-likeness (QED) is 0.870. The summed E-state index contributed by atoms with van der Waals surface area (Å²) in [5, 5.41) is 3.18. The number of anilines is 1. The highest BCUT2D eigenvalue weighted by molar-refractivity contribution is 6.39. The van der Waals surface area contributed by atoms with Gasteiger partial charge in [-0.2, -0.15) is 0 Å². The Morgan fingerprint density at radius 2 is 1.96 bits per heavy atom. The molecule has 2 aromatic rings. The number of nitrogens with one attached hydrogen (secondary N) is 1. The average molecular weight is 333 g/mol. The zero-order chi connectivity index (χ0) is 16.4. The molecule has 1 saturated carbocycles. The van der Waals surface area contributed by atoms with Crippen LogP contribution < -0.4 is 5.32 Å². The van der Waals surface area contributed by atoms with Crippen molar-refractivity contribution in [3.63, 3.8) is 0 Å². The molecule has 23 heavy (non-hydrogen) atoms. The molecule has 1 aromatic carbocycles. The molecule has 1 atom stereocenters. The molecule has 1 unspecified atom stereocenters. The summed E-state index contributed by atoms with van der Waals surface area (Å²) in [4.78, 5) is 26.5. The van der Waals surface area contributed by atoms with Gasteiger partial charge in [-0.25, -0.2) is 0 Å². The van der Waals surface area contributed by atoms with Crippen molar-refractivity contribution in [1.82, 2.24) is 4.90 Å². The van der Waals surface area contributed by atoms with Crippen molar-refractivity contribution in [2.45, 2.75) is 31.8 Å². The normalized spacial score (nSPS) is 15.0. The van der Waals surface area contributed by atoms with Crippen molar-refractivity contribution >= 4 is 29.1 Å². The van der Waals surface area contributed by atoms with Gasteiger partial charge in [0.15, 0.2) is 0 Å². The Bertz CT molecular complexity index is 693. The predicted octanol–water partition coefficient (Wildman–Crippen LogP) is 3.62. The fraction of sp³-hybridized carbons (Fsp3) is 0.294. The Morgan fingerprint density at radius 3 is 2.52 bits per heavy atom. The first-order chi connectivity index (χ1) is 11.1. The number of amides is 2. The zero-order valence-electron chi connectivity index (χ0n) is 12.7. The van der Waals surface area contributed by atoms with Crippen molar-refractivity contribution in [3.05, 3.63) is 53.4 Å². The van der Waals surface area contributed by atoms with Gasteiger partial charge in [-0.1, -0.05) is 11.6 Å². The monoisotopic (exact) mass is 332 g/mol. The number of furan rings is 1. The van der Waals surface area contributed by atoms with E-state index in [0.29, 0.717) is 16.5 Å². The highest BCUT2D eigenvalue weighted by atomic mass is 35.5. The Morgan fingerprint density at radius 1 is 1.26 bits per heavy atom. The Hall–Kier alpha value is -2.27. The second kappa shape index (κ2) is 6.46. The van der Waals surface area contributed by atoms with Gasteiger partial charge in [-0.05, 0) is 56.2 Å². The van der Waals surface area contributed by atoms with Gasteiger partial charge in [0, 0.05) is 16.8 Å². The highest BCUT2D eigenvalue weighted by Crippen LogP contribution is 2.34. The van der Waals surface area contributed by atoms with Crippen LogP contribution in [0.4, 0.5) is 5.69 Å². The summed E-state index contributed by atoms with van der Waals surface area (Å²) in [5.41, 5.74) is 0.536. The second-order valence-corrected chi connectivity index (χ2v) is 6.03. The lowest BCUT2D eigenvalue weighted by atomic mass is 10.2. The third-order valence-electron chi connectivity index (χ3n) is 3.84. The van der Waals surface area contributed by atoms with Crippen molar-refractivity contribution in [3.8, 4) is 0 Å². The number of carbonyl (C=O) groups excluding carboxylic acids is 2. The molecule has 0 radical (unpaired) electrons. The minimum atomic E-state index is -0.655. The summed E-state index contributed by atoms with van der Waals surface area (Å²) in [6, 6.07) is 10.0. The molecule has 0 saturated heterocycles. The van der Waals surface area contributed by atoms with E-state index >= 15 is 0 Å². The molecule has 1 aliphatic rings. The van der Waals surface area contributed by atoms with Gasteiger partial charge in [0.05, 0.1) is 12.3 Å². The molecule has 5 nitrogen and oxygen atoms in total. The van der Waals surface area contributed by atoms with Gasteiger partial charge >= 0.3 is 11.8 Å². The first-order valence-electron chi connectivity index (χ1n) is 7.49. The standard InChI is InChI=1S/C17H17ClN2O3/c1-11(15-3-2-10-23-15)20(14-8-9-14)17(22)16(21)19-13-6-4-12(18)5-7-13/h2-7,10-11,14H,8-9H2,1H3,(H,19,21). The predicted molar refractivity (Wildman–Crippen MR) is 87.1 cm³/mol. The van der Waals surface area contributed by atoms with Gasteiger partial charge in [0.2, 0.25) is 0 Å². The molecule has 6 heteroatoms.